The van der Waals surface area contributed by atoms with Gasteiger partial charge in [0.05, 0.1) is 6.10 Å². The first-order valence-electron chi connectivity index (χ1n) is 8.53. The van der Waals surface area contributed by atoms with Gasteiger partial charge in [0.2, 0.25) is 0 Å². The van der Waals surface area contributed by atoms with Crippen LogP contribution in [0, 0.1) is 18.3 Å². The van der Waals surface area contributed by atoms with Crippen molar-refractivity contribution >= 4 is 5.97 Å². The highest BCUT2D eigenvalue weighted by Crippen LogP contribution is 2.37. The van der Waals surface area contributed by atoms with Gasteiger partial charge < -0.3 is 10.2 Å². The first kappa shape index (κ1) is 18.0. The predicted molar refractivity (Wildman–Crippen MR) is 91.2 cm³/mol. The van der Waals surface area contributed by atoms with E-state index in [4.69, 9.17) is 0 Å². The van der Waals surface area contributed by atoms with Gasteiger partial charge in [-0.2, -0.15) is 0 Å². The molecule has 0 unspecified atom stereocenters. The van der Waals surface area contributed by atoms with Crippen molar-refractivity contribution < 1.29 is 15.0 Å². The SMILES string of the molecule is Cc1ccc(CN2CC[C@@H](O)[C@](CCC(C)C)(C(=O)O)C2)cc1. The third kappa shape index (κ3) is 4.33. The molecule has 1 aromatic rings. The van der Waals surface area contributed by atoms with Crippen molar-refractivity contribution in [1.29, 1.82) is 0 Å². The number of aliphatic hydroxyl groups excluding tert-OH is 1. The van der Waals surface area contributed by atoms with E-state index in [1.165, 1.54) is 11.1 Å². The van der Waals surface area contributed by atoms with Crippen molar-refractivity contribution in [2.45, 2.75) is 52.7 Å². The molecule has 1 fully saturated rings. The Bertz CT molecular complexity index is 526. The van der Waals surface area contributed by atoms with E-state index in [1.54, 1.807) is 0 Å². The fourth-order valence-corrected chi connectivity index (χ4v) is 3.36. The average molecular weight is 319 g/mol. The van der Waals surface area contributed by atoms with E-state index in [0.717, 1.165) is 19.5 Å². The second-order valence-electron chi connectivity index (χ2n) is 7.39. The molecule has 4 nitrogen and oxygen atoms in total. The summed E-state index contributed by atoms with van der Waals surface area (Å²) < 4.78 is 0. The number of hydrogen-bond acceptors (Lipinski definition) is 3. The molecular formula is C19H29NO3. The Balaban J connectivity index is 2.12. The molecule has 0 spiro atoms. The van der Waals surface area contributed by atoms with Gasteiger partial charge in [0.25, 0.3) is 0 Å². The summed E-state index contributed by atoms with van der Waals surface area (Å²) in [6.07, 6.45) is 1.12. The van der Waals surface area contributed by atoms with Crippen molar-refractivity contribution in [1.82, 2.24) is 4.90 Å². The minimum absolute atomic E-state index is 0.421. The van der Waals surface area contributed by atoms with Crippen LogP contribution in [0.15, 0.2) is 24.3 Å². The summed E-state index contributed by atoms with van der Waals surface area (Å²) in [5.74, 6) is -0.426. The van der Waals surface area contributed by atoms with E-state index in [2.05, 4.69) is 49.9 Å². The molecule has 2 atom stereocenters. The fourth-order valence-electron chi connectivity index (χ4n) is 3.36. The molecule has 4 heteroatoms. The summed E-state index contributed by atoms with van der Waals surface area (Å²) in [5.41, 5.74) is 1.38. The molecule has 23 heavy (non-hydrogen) atoms. The lowest BCUT2D eigenvalue weighted by atomic mass is 9.72. The maximum atomic E-state index is 12.0. The van der Waals surface area contributed by atoms with E-state index >= 15 is 0 Å². The normalized spacial score (nSPS) is 25.7. The second-order valence-corrected chi connectivity index (χ2v) is 7.39. The minimum atomic E-state index is -1.03. The van der Waals surface area contributed by atoms with Crippen molar-refractivity contribution in [2.75, 3.05) is 13.1 Å². The molecule has 1 aliphatic rings. The summed E-state index contributed by atoms with van der Waals surface area (Å²) in [7, 11) is 0. The van der Waals surface area contributed by atoms with Crippen LogP contribution in [0.2, 0.25) is 0 Å². The van der Waals surface area contributed by atoms with Gasteiger partial charge >= 0.3 is 5.97 Å². The van der Waals surface area contributed by atoms with Crippen LogP contribution in [-0.2, 0) is 11.3 Å². The molecule has 128 valence electrons. The Hall–Kier alpha value is -1.39. The minimum Gasteiger partial charge on any atom is -0.481 e. The van der Waals surface area contributed by atoms with Crippen LogP contribution in [0.25, 0.3) is 0 Å². The maximum absolute atomic E-state index is 12.0. The van der Waals surface area contributed by atoms with Gasteiger partial charge in [0, 0.05) is 19.6 Å². The third-order valence-electron chi connectivity index (χ3n) is 4.98. The fraction of sp³-hybridized carbons (Fsp3) is 0.632. The van der Waals surface area contributed by atoms with E-state index in [-0.39, 0.29) is 0 Å². The topological polar surface area (TPSA) is 60.8 Å². The molecule has 1 heterocycles. The monoisotopic (exact) mass is 319 g/mol. The lowest BCUT2D eigenvalue weighted by Crippen LogP contribution is -2.55. The zero-order valence-electron chi connectivity index (χ0n) is 14.5. The Kier molecular flexibility index (Phi) is 5.82. The maximum Gasteiger partial charge on any atom is 0.313 e. The van der Waals surface area contributed by atoms with E-state index in [1.807, 2.05) is 0 Å². The summed E-state index contributed by atoms with van der Waals surface area (Å²) >= 11 is 0. The van der Waals surface area contributed by atoms with E-state index in [0.29, 0.717) is 25.3 Å². The van der Waals surface area contributed by atoms with Crippen LogP contribution in [0.3, 0.4) is 0 Å². The van der Waals surface area contributed by atoms with Crippen LogP contribution in [-0.4, -0.2) is 40.3 Å². The van der Waals surface area contributed by atoms with Gasteiger partial charge in [-0.05, 0) is 37.7 Å². The van der Waals surface area contributed by atoms with Gasteiger partial charge in [-0.15, -0.1) is 0 Å². The molecule has 0 radical (unpaired) electrons. The van der Waals surface area contributed by atoms with Gasteiger partial charge in [-0.3, -0.25) is 9.69 Å². The smallest absolute Gasteiger partial charge is 0.313 e. The molecule has 0 saturated carbocycles. The third-order valence-corrected chi connectivity index (χ3v) is 4.98. The molecule has 0 amide bonds. The zero-order chi connectivity index (χ0) is 17.0. The zero-order valence-corrected chi connectivity index (χ0v) is 14.5. The van der Waals surface area contributed by atoms with Crippen molar-refractivity contribution in [2.24, 2.45) is 11.3 Å². The van der Waals surface area contributed by atoms with Crippen LogP contribution in [0.4, 0.5) is 0 Å². The average Bonchev–Trinajstić information content (AvgIpc) is 2.50. The van der Waals surface area contributed by atoms with Crippen LogP contribution < -0.4 is 0 Å². The van der Waals surface area contributed by atoms with Crippen molar-refractivity contribution in [3.05, 3.63) is 35.4 Å². The first-order chi connectivity index (χ1) is 10.8. The molecule has 2 N–H and O–H groups in total. The molecule has 0 aliphatic carbocycles. The number of aryl methyl sites for hydroxylation is 1. The van der Waals surface area contributed by atoms with E-state index in [9.17, 15) is 15.0 Å². The molecular weight excluding hydrogens is 290 g/mol. The molecule has 0 bridgehead atoms. The summed E-state index contributed by atoms with van der Waals surface area (Å²) in [4.78, 5) is 14.1. The number of carboxylic acids is 1. The summed E-state index contributed by atoms with van der Waals surface area (Å²) in [6.45, 7) is 8.14. The van der Waals surface area contributed by atoms with Crippen LogP contribution >= 0.6 is 0 Å². The second kappa shape index (κ2) is 7.45. The highest BCUT2D eigenvalue weighted by molar-refractivity contribution is 5.76. The number of rotatable bonds is 6. The number of aliphatic hydroxyl groups is 1. The van der Waals surface area contributed by atoms with Gasteiger partial charge in [-0.1, -0.05) is 43.7 Å². The Morgan fingerprint density at radius 2 is 2.00 bits per heavy atom. The molecule has 0 aromatic heterocycles. The van der Waals surface area contributed by atoms with Crippen LogP contribution in [0.1, 0.15) is 44.2 Å². The number of aliphatic carboxylic acids is 1. The lowest BCUT2D eigenvalue weighted by molar-refractivity contribution is -0.165. The number of carboxylic acid groups (broad SMARTS) is 1. The number of likely N-dealkylation sites (tertiary alicyclic amines) is 1. The number of carbonyl (C=O) groups is 1. The first-order valence-corrected chi connectivity index (χ1v) is 8.53. The van der Waals surface area contributed by atoms with Crippen molar-refractivity contribution in [3.8, 4) is 0 Å². The summed E-state index contributed by atoms with van der Waals surface area (Å²) in [6, 6.07) is 8.35. The molecule has 1 saturated heterocycles. The molecule has 2 rings (SSSR count). The quantitative estimate of drug-likeness (QED) is 0.846. The molecule has 1 aromatic carbocycles. The van der Waals surface area contributed by atoms with Gasteiger partial charge in [0.15, 0.2) is 0 Å². The number of nitrogens with zero attached hydrogens (tertiary/aromatic N) is 1. The highest BCUT2D eigenvalue weighted by Gasteiger charge is 2.48. The summed E-state index contributed by atoms with van der Waals surface area (Å²) in [5, 5.41) is 20.2. The molecule has 1 aliphatic heterocycles. The highest BCUT2D eigenvalue weighted by atomic mass is 16.4. The Morgan fingerprint density at radius 3 is 2.57 bits per heavy atom. The standard InChI is InChI=1S/C19H29NO3/c1-14(2)8-10-19(18(22)23)13-20(11-9-17(19)21)12-16-6-4-15(3)5-7-16/h4-7,14,17,21H,8-13H2,1-3H3,(H,22,23)/t17-,19-/m1/s1. The van der Waals surface area contributed by atoms with Crippen LogP contribution in [0.5, 0.6) is 0 Å². The van der Waals surface area contributed by atoms with Crippen molar-refractivity contribution in [3.63, 3.8) is 0 Å². The Labute approximate surface area is 139 Å². The Morgan fingerprint density at radius 1 is 1.35 bits per heavy atom. The number of benzene rings is 1. The largest absolute Gasteiger partial charge is 0.481 e. The number of hydrogen-bond donors (Lipinski definition) is 2. The lowest BCUT2D eigenvalue weighted by Gasteiger charge is -2.43. The van der Waals surface area contributed by atoms with Gasteiger partial charge in [0.1, 0.15) is 5.41 Å². The van der Waals surface area contributed by atoms with E-state index < -0.39 is 17.5 Å². The number of piperidine rings is 1. The predicted octanol–water partition coefficient (Wildman–Crippen LogP) is 3.07. The van der Waals surface area contributed by atoms with Gasteiger partial charge in [-0.25, -0.2) is 0 Å².